The number of amides is 2. The van der Waals surface area contributed by atoms with Crippen LogP contribution in [0.15, 0.2) is 79.3 Å². The number of benzene rings is 2. The first-order chi connectivity index (χ1) is 17.0. The lowest BCUT2D eigenvalue weighted by Crippen LogP contribution is -2.55. The predicted molar refractivity (Wildman–Crippen MR) is 131 cm³/mol. The quantitative estimate of drug-likeness (QED) is 0.274. The maximum absolute atomic E-state index is 13.0. The minimum Gasteiger partial charge on any atom is -0.426 e. The molecule has 1 heterocycles. The van der Waals surface area contributed by atoms with Crippen LogP contribution in [0.4, 0.5) is 0 Å². The molecule has 0 saturated carbocycles. The van der Waals surface area contributed by atoms with Gasteiger partial charge in [0.25, 0.3) is 5.91 Å². The van der Waals surface area contributed by atoms with Crippen LogP contribution in [0.5, 0.6) is 0 Å². The third-order valence-corrected chi connectivity index (χ3v) is 5.32. The minimum atomic E-state index is -1.75. The van der Waals surface area contributed by atoms with Crippen molar-refractivity contribution >= 4 is 18.9 Å². The van der Waals surface area contributed by atoms with Crippen molar-refractivity contribution in [3.63, 3.8) is 0 Å². The normalized spacial score (nSPS) is 12.4. The molecule has 3 aromatic rings. The van der Waals surface area contributed by atoms with Crippen molar-refractivity contribution < 1.29 is 24.4 Å². The highest BCUT2D eigenvalue weighted by molar-refractivity contribution is 6.43. The van der Waals surface area contributed by atoms with E-state index >= 15 is 0 Å². The number of aromatic nitrogens is 2. The van der Waals surface area contributed by atoms with E-state index in [9.17, 15) is 19.6 Å². The van der Waals surface area contributed by atoms with Crippen LogP contribution in [0.25, 0.3) is 0 Å². The molecule has 2 atom stereocenters. The average molecular weight is 476 g/mol. The molecule has 1 aromatic heterocycles. The highest BCUT2D eigenvalue weighted by atomic mass is 16.5. The van der Waals surface area contributed by atoms with Crippen molar-refractivity contribution in [3.05, 3.63) is 96.1 Å². The maximum atomic E-state index is 13.0. The second kappa shape index (κ2) is 14.0. The first-order valence-electron chi connectivity index (χ1n) is 11.4. The molecule has 0 radical (unpaired) electrons. The molecule has 0 fully saturated rings. The SMILES string of the molecule is O=C(N[C@H](COCc1ccccc1)C(=O)N[C@@H](CCCc1ccccc1)B(O)O)c1cnccn1. The van der Waals surface area contributed by atoms with Crippen molar-refractivity contribution in [2.45, 2.75) is 37.9 Å². The number of aryl methyl sites for hydroxylation is 1. The first kappa shape index (κ1) is 26.0. The van der Waals surface area contributed by atoms with Crippen LogP contribution in [-0.4, -0.2) is 57.5 Å². The Morgan fingerprint density at radius 2 is 1.63 bits per heavy atom. The molecule has 0 bridgehead atoms. The van der Waals surface area contributed by atoms with Gasteiger partial charge in [0.05, 0.1) is 25.4 Å². The zero-order valence-corrected chi connectivity index (χ0v) is 19.3. The van der Waals surface area contributed by atoms with E-state index in [1.807, 2.05) is 60.7 Å². The molecule has 0 aliphatic heterocycles. The highest BCUT2D eigenvalue weighted by Crippen LogP contribution is 2.08. The summed E-state index contributed by atoms with van der Waals surface area (Å²) in [6.07, 6.45) is 5.81. The Kier molecular flexibility index (Phi) is 10.4. The summed E-state index contributed by atoms with van der Waals surface area (Å²) in [7, 11) is -1.75. The number of carbonyl (C=O) groups excluding carboxylic acids is 2. The number of hydrogen-bond acceptors (Lipinski definition) is 7. The van der Waals surface area contributed by atoms with Gasteiger partial charge in [0, 0.05) is 12.4 Å². The van der Waals surface area contributed by atoms with Gasteiger partial charge in [-0.3, -0.25) is 14.6 Å². The summed E-state index contributed by atoms with van der Waals surface area (Å²) in [5.41, 5.74) is 2.08. The van der Waals surface area contributed by atoms with Crippen molar-refractivity contribution in [2.24, 2.45) is 0 Å². The van der Waals surface area contributed by atoms with Crippen LogP contribution in [0.1, 0.15) is 34.5 Å². The molecular weight excluding hydrogens is 447 g/mol. The monoisotopic (exact) mass is 476 g/mol. The topological polar surface area (TPSA) is 134 Å². The van der Waals surface area contributed by atoms with Crippen LogP contribution >= 0.6 is 0 Å². The van der Waals surface area contributed by atoms with Gasteiger partial charge < -0.3 is 25.4 Å². The Bertz CT molecular complexity index is 1040. The summed E-state index contributed by atoms with van der Waals surface area (Å²) in [5.74, 6) is -2.09. The van der Waals surface area contributed by atoms with Crippen molar-refractivity contribution in [1.82, 2.24) is 20.6 Å². The Morgan fingerprint density at radius 3 is 2.26 bits per heavy atom. The Balaban J connectivity index is 1.61. The lowest BCUT2D eigenvalue weighted by atomic mass is 9.76. The number of nitrogens with one attached hydrogen (secondary N) is 2. The molecule has 3 rings (SSSR count). The fourth-order valence-corrected chi connectivity index (χ4v) is 3.45. The van der Waals surface area contributed by atoms with Crippen molar-refractivity contribution in [2.75, 3.05) is 6.61 Å². The average Bonchev–Trinajstić information content (AvgIpc) is 2.89. The molecule has 0 aliphatic rings. The molecule has 0 spiro atoms. The van der Waals surface area contributed by atoms with Gasteiger partial charge in [0.15, 0.2) is 0 Å². The minimum absolute atomic E-state index is 0.0509. The number of rotatable bonds is 13. The van der Waals surface area contributed by atoms with Gasteiger partial charge in [-0.2, -0.15) is 0 Å². The summed E-state index contributed by atoms with van der Waals surface area (Å²) < 4.78 is 5.68. The highest BCUT2D eigenvalue weighted by Gasteiger charge is 2.29. The zero-order chi connectivity index (χ0) is 24.9. The molecule has 2 amide bonds. The largest absolute Gasteiger partial charge is 0.475 e. The molecule has 2 aromatic carbocycles. The van der Waals surface area contributed by atoms with Crippen LogP contribution in [0, 0.1) is 0 Å². The van der Waals surface area contributed by atoms with E-state index in [1.54, 1.807) is 0 Å². The molecule has 4 N–H and O–H groups in total. The Labute approximate surface area is 204 Å². The van der Waals surface area contributed by atoms with Crippen molar-refractivity contribution in [1.29, 1.82) is 0 Å². The Morgan fingerprint density at radius 1 is 0.943 bits per heavy atom. The van der Waals surface area contributed by atoms with Gasteiger partial charge in [-0.05, 0) is 30.4 Å². The van der Waals surface area contributed by atoms with E-state index in [0.29, 0.717) is 12.8 Å². The summed E-state index contributed by atoms with van der Waals surface area (Å²) in [5, 5.41) is 24.9. The molecule has 0 aliphatic carbocycles. The number of carbonyl (C=O) groups is 2. The summed E-state index contributed by atoms with van der Waals surface area (Å²) in [6, 6.07) is 18.1. The lowest BCUT2D eigenvalue weighted by molar-refractivity contribution is -0.125. The summed E-state index contributed by atoms with van der Waals surface area (Å²) in [4.78, 5) is 33.4. The number of nitrogens with zero attached hydrogens (tertiary/aromatic N) is 2. The molecular formula is C25H29BN4O5. The lowest BCUT2D eigenvalue weighted by Gasteiger charge is -2.23. The molecule has 10 heteroatoms. The van der Waals surface area contributed by atoms with Crippen LogP contribution in [-0.2, 0) is 22.6 Å². The van der Waals surface area contributed by atoms with E-state index in [2.05, 4.69) is 20.6 Å². The fraction of sp³-hybridized carbons (Fsp3) is 0.280. The summed E-state index contributed by atoms with van der Waals surface area (Å²) >= 11 is 0. The smallest absolute Gasteiger partial charge is 0.426 e. The van der Waals surface area contributed by atoms with E-state index in [4.69, 9.17) is 4.74 Å². The summed E-state index contributed by atoms with van der Waals surface area (Å²) in [6.45, 7) is 0.125. The van der Waals surface area contributed by atoms with Crippen molar-refractivity contribution in [3.8, 4) is 0 Å². The van der Waals surface area contributed by atoms with Crippen LogP contribution < -0.4 is 10.6 Å². The molecule has 35 heavy (non-hydrogen) atoms. The second-order valence-corrected chi connectivity index (χ2v) is 8.02. The second-order valence-electron chi connectivity index (χ2n) is 8.02. The standard InChI is InChI=1S/C25H29BN4O5/c31-24(21-16-27-14-15-28-21)29-22(18-35-17-20-10-5-2-6-11-20)25(32)30-23(26(33)34)13-7-12-19-8-3-1-4-9-19/h1-6,8-11,14-16,22-23,33-34H,7,12-13,17-18H2,(H,29,31)(H,30,32)/t22-,23+/m1/s1. The number of ether oxygens (including phenoxy) is 1. The fourth-order valence-electron chi connectivity index (χ4n) is 3.45. The van der Waals surface area contributed by atoms with Gasteiger partial charge in [0.1, 0.15) is 11.7 Å². The molecule has 9 nitrogen and oxygen atoms in total. The molecule has 0 unspecified atom stereocenters. The Hall–Kier alpha value is -3.60. The van der Waals surface area contributed by atoms with E-state index in [0.717, 1.165) is 17.5 Å². The third kappa shape index (κ3) is 8.93. The van der Waals surface area contributed by atoms with E-state index in [1.165, 1.54) is 18.6 Å². The zero-order valence-electron chi connectivity index (χ0n) is 19.3. The van der Waals surface area contributed by atoms with Gasteiger partial charge in [-0.1, -0.05) is 60.7 Å². The molecule has 182 valence electrons. The van der Waals surface area contributed by atoms with E-state index < -0.39 is 30.9 Å². The molecule has 0 saturated heterocycles. The maximum Gasteiger partial charge on any atom is 0.475 e. The van der Waals surface area contributed by atoms with E-state index in [-0.39, 0.29) is 18.9 Å². The number of hydrogen-bond donors (Lipinski definition) is 4. The van der Waals surface area contributed by atoms with Gasteiger partial charge in [0.2, 0.25) is 5.91 Å². The third-order valence-electron chi connectivity index (χ3n) is 5.32. The predicted octanol–water partition coefficient (Wildman–Crippen LogP) is 1.31. The van der Waals surface area contributed by atoms with Crippen LogP contribution in [0.3, 0.4) is 0 Å². The van der Waals surface area contributed by atoms with Gasteiger partial charge in [-0.25, -0.2) is 4.98 Å². The van der Waals surface area contributed by atoms with Gasteiger partial charge >= 0.3 is 7.12 Å². The first-order valence-corrected chi connectivity index (χ1v) is 11.4. The van der Waals surface area contributed by atoms with Crippen LogP contribution in [0.2, 0.25) is 0 Å². The van der Waals surface area contributed by atoms with Gasteiger partial charge in [-0.15, -0.1) is 0 Å².